The van der Waals surface area contributed by atoms with Gasteiger partial charge in [0.2, 0.25) is 5.88 Å². The first-order chi connectivity index (χ1) is 17.8. The van der Waals surface area contributed by atoms with Gasteiger partial charge in [0.1, 0.15) is 5.75 Å². The van der Waals surface area contributed by atoms with E-state index in [2.05, 4.69) is 14.7 Å². The minimum absolute atomic E-state index is 0.126. The van der Waals surface area contributed by atoms with Crippen molar-refractivity contribution >= 4 is 34.6 Å². The Hall–Kier alpha value is -4.57. The van der Waals surface area contributed by atoms with Gasteiger partial charge in [-0.25, -0.2) is 9.79 Å². The zero-order valence-electron chi connectivity index (χ0n) is 21.0. The number of likely N-dealkylation sites (N-methyl/N-ethyl adjacent to an activating group) is 2. The number of ether oxygens (including phenoxy) is 2. The van der Waals surface area contributed by atoms with Crippen molar-refractivity contribution in [2.75, 3.05) is 41.3 Å². The number of H-pyrrole nitrogens is 1. The number of aromatic hydroxyl groups is 1. The Kier molecular flexibility index (Phi) is 7.59. The van der Waals surface area contributed by atoms with Gasteiger partial charge in [-0.3, -0.25) is 4.79 Å². The lowest BCUT2D eigenvalue weighted by molar-refractivity contribution is 0.0755. The van der Waals surface area contributed by atoms with E-state index in [0.29, 0.717) is 28.7 Å². The molecule has 2 aromatic carbocycles. The van der Waals surface area contributed by atoms with Crippen LogP contribution in [-0.2, 0) is 4.74 Å². The summed E-state index contributed by atoms with van der Waals surface area (Å²) in [5.74, 6) is 0.248. The number of rotatable bonds is 8. The number of nitrogens with zero attached hydrogens (tertiary/aromatic N) is 3. The molecule has 0 aliphatic heterocycles. The molecule has 10 heteroatoms. The average Bonchev–Trinajstić information content (AvgIpc) is 3.49. The van der Waals surface area contributed by atoms with Crippen molar-refractivity contribution in [2.24, 2.45) is 4.99 Å². The van der Waals surface area contributed by atoms with E-state index in [-0.39, 0.29) is 29.2 Å². The number of amides is 1. The summed E-state index contributed by atoms with van der Waals surface area (Å²) in [6.07, 6.45) is -0.850. The molecular formula is C27H28N4O6. The molecular weight excluding hydrogens is 476 g/mol. The zero-order chi connectivity index (χ0) is 26.5. The highest BCUT2D eigenvalue weighted by molar-refractivity contribution is 6.21. The normalized spacial score (nSPS) is 11.6. The third-order valence-corrected chi connectivity index (χ3v) is 5.66. The van der Waals surface area contributed by atoms with Crippen LogP contribution < -0.4 is 4.74 Å². The fraction of sp³-hybridized carbons (Fsp3) is 0.222. The summed E-state index contributed by atoms with van der Waals surface area (Å²) < 4.78 is 15.4. The summed E-state index contributed by atoms with van der Waals surface area (Å²) in [6, 6.07) is 17.4. The first kappa shape index (κ1) is 25.5. The summed E-state index contributed by atoms with van der Waals surface area (Å²) in [6.45, 7) is 1.27. The number of furan rings is 1. The molecule has 2 aromatic heterocycles. The molecule has 0 spiro atoms. The van der Waals surface area contributed by atoms with Crippen LogP contribution in [0.15, 0.2) is 70.1 Å². The van der Waals surface area contributed by atoms with Crippen LogP contribution in [0.2, 0.25) is 0 Å². The second-order valence-corrected chi connectivity index (χ2v) is 8.61. The Balaban J connectivity index is 1.73. The van der Waals surface area contributed by atoms with Gasteiger partial charge in [0, 0.05) is 43.2 Å². The van der Waals surface area contributed by atoms with Gasteiger partial charge in [-0.05, 0) is 32.3 Å². The number of hydrogen-bond donors (Lipinski definition) is 2. The van der Waals surface area contributed by atoms with E-state index in [1.165, 1.54) is 7.11 Å². The molecule has 37 heavy (non-hydrogen) atoms. The maximum Gasteiger partial charge on any atom is 0.513 e. The number of benzene rings is 2. The van der Waals surface area contributed by atoms with Crippen LogP contribution >= 0.6 is 0 Å². The van der Waals surface area contributed by atoms with Crippen LogP contribution in [0.4, 0.5) is 10.7 Å². The molecule has 0 radical (unpaired) electrons. The molecule has 0 unspecified atom stereocenters. The number of carbonyl (C=O) groups is 2. The van der Waals surface area contributed by atoms with E-state index < -0.39 is 6.16 Å². The first-order valence-corrected chi connectivity index (χ1v) is 11.5. The van der Waals surface area contributed by atoms with Crippen molar-refractivity contribution in [2.45, 2.75) is 0 Å². The molecule has 0 fully saturated rings. The molecule has 4 rings (SSSR count). The molecule has 2 N–H and O–H groups in total. The first-order valence-electron chi connectivity index (χ1n) is 11.5. The lowest BCUT2D eigenvalue weighted by Crippen LogP contribution is -2.33. The van der Waals surface area contributed by atoms with Crippen molar-refractivity contribution in [3.8, 4) is 11.6 Å². The largest absolute Gasteiger partial charge is 0.513 e. The number of aromatic nitrogens is 1. The third-order valence-electron chi connectivity index (χ3n) is 5.66. The van der Waals surface area contributed by atoms with Gasteiger partial charge in [0.05, 0.1) is 23.9 Å². The number of nitrogens with one attached hydrogen (secondary N) is 1. The number of aromatic amines is 1. The summed E-state index contributed by atoms with van der Waals surface area (Å²) in [5, 5.41) is 11.5. The van der Waals surface area contributed by atoms with Gasteiger partial charge in [0.25, 0.3) is 5.91 Å². The van der Waals surface area contributed by atoms with Crippen LogP contribution in [0, 0.1) is 0 Å². The molecule has 0 atom stereocenters. The van der Waals surface area contributed by atoms with Crippen molar-refractivity contribution in [1.29, 1.82) is 0 Å². The molecule has 0 saturated carbocycles. The average molecular weight is 505 g/mol. The fourth-order valence-electron chi connectivity index (χ4n) is 3.72. The summed E-state index contributed by atoms with van der Waals surface area (Å²) in [4.78, 5) is 35.4. The molecule has 2 heterocycles. The molecule has 4 aromatic rings. The molecule has 0 bridgehead atoms. The highest BCUT2D eigenvalue weighted by Gasteiger charge is 2.21. The Morgan fingerprint density at radius 2 is 1.78 bits per heavy atom. The summed E-state index contributed by atoms with van der Waals surface area (Å²) in [5.41, 5.74) is 2.11. The van der Waals surface area contributed by atoms with E-state index in [1.54, 1.807) is 42.3 Å². The quantitative estimate of drug-likeness (QED) is 0.207. The van der Waals surface area contributed by atoms with E-state index in [0.717, 1.165) is 12.1 Å². The van der Waals surface area contributed by atoms with Crippen molar-refractivity contribution in [3.05, 3.63) is 77.6 Å². The Bertz CT molecular complexity index is 1440. The second kappa shape index (κ2) is 11.0. The Morgan fingerprint density at radius 1 is 1.03 bits per heavy atom. The smallest absolute Gasteiger partial charge is 0.494 e. The molecule has 0 aliphatic rings. The predicted molar refractivity (Wildman–Crippen MR) is 139 cm³/mol. The Labute approximate surface area is 213 Å². The number of methoxy groups -OCH3 is 1. The second-order valence-electron chi connectivity index (χ2n) is 8.61. The van der Waals surface area contributed by atoms with Gasteiger partial charge >= 0.3 is 6.16 Å². The van der Waals surface area contributed by atoms with Crippen LogP contribution in [-0.4, -0.2) is 79.0 Å². The number of aliphatic imine (C=N–C) groups is 1. The van der Waals surface area contributed by atoms with Gasteiger partial charge < -0.3 is 33.8 Å². The van der Waals surface area contributed by atoms with Gasteiger partial charge in [-0.1, -0.05) is 30.3 Å². The van der Waals surface area contributed by atoms with Crippen molar-refractivity contribution in [3.63, 3.8) is 0 Å². The van der Waals surface area contributed by atoms with Crippen molar-refractivity contribution in [1.82, 2.24) is 14.8 Å². The minimum atomic E-state index is -0.850. The number of fused-ring (bicyclic) bond motifs is 1. The zero-order valence-corrected chi connectivity index (χ0v) is 21.0. The van der Waals surface area contributed by atoms with Crippen LogP contribution in [0.3, 0.4) is 0 Å². The summed E-state index contributed by atoms with van der Waals surface area (Å²) in [7, 11) is 6.82. The van der Waals surface area contributed by atoms with E-state index in [1.807, 2.05) is 49.3 Å². The number of hydrogen-bond acceptors (Lipinski definition) is 8. The molecule has 0 saturated heterocycles. The highest BCUT2D eigenvalue weighted by atomic mass is 16.7. The van der Waals surface area contributed by atoms with Gasteiger partial charge in [0.15, 0.2) is 11.6 Å². The van der Waals surface area contributed by atoms with Gasteiger partial charge in [-0.15, -0.1) is 0 Å². The molecule has 0 aliphatic carbocycles. The lowest BCUT2D eigenvalue weighted by atomic mass is 10.0. The van der Waals surface area contributed by atoms with Crippen LogP contribution in [0.5, 0.6) is 11.6 Å². The predicted octanol–water partition coefficient (Wildman–Crippen LogP) is 4.41. The van der Waals surface area contributed by atoms with E-state index in [9.17, 15) is 14.7 Å². The number of carbonyl (C=O) groups excluding carboxylic acids is 2. The third kappa shape index (κ3) is 5.81. The van der Waals surface area contributed by atoms with E-state index in [4.69, 9.17) is 9.15 Å². The SMILES string of the molecule is COC(=O)Oc1ccc2c(C(=Nc3ccc(C(=O)N(C)CCN(C)C)o3)c3ccccc3)c(O)[nH]c2c1. The highest BCUT2D eigenvalue weighted by Crippen LogP contribution is 2.33. The Morgan fingerprint density at radius 3 is 2.49 bits per heavy atom. The maximum absolute atomic E-state index is 12.8. The topological polar surface area (TPSA) is 121 Å². The van der Waals surface area contributed by atoms with Crippen LogP contribution in [0.1, 0.15) is 21.7 Å². The monoisotopic (exact) mass is 504 g/mol. The van der Waals surface area contributed by atoms with Crippen LogP contribution in [0.25, 0.3) is 10.9 Å². The standard InChI is InChI=1S/C27H28N4O6/c1-30(2)14-15-31(3)26(33)21-12-13-22(37-21)29-24(17-8-6-5-7-9-17)23-19-11-10-18(36-27(34)35-4)16-20(19)28-25(23)32/h5-13,16,28,32H,14-15H2,1-4H3. The molecule has 1 amide bonds. The summed E-state index contributed by atoms with van der Waals surface area (Å²) >= 11 is 0. The minimum Gasteiger partial charge on any atom is -0.494 e. The van der Waals surface area contributed by atoms with Gasteiger partial charge in [-0.2, -0.15) is 0 Å². The lowest BCUT2D eigenvalue weighted by Gasteiger charge is -2.18. The molecule has 10 nitrogen and oxygen atoms in total. The fourth-order valence-corrected chi connectivity index (χ4v) is 3.72. The van der Waals surface area contributed by atoms with Crippen molar-refractivity contribution < 1.29 is 28.6 Å². The van der Waals surface area contributed by atoms with E-state index >= 15 is 0 Å². The maximum atomic E-state index is 12.8. The molecule has 192 valence electrons.